The van der Waals surface area contributed by atoms with Crippen molar-refractivity contribution in [3.63, 3.8) is 0 Å². The largest absolute Gasteiger partial charge is 0.357 e. The Morgan fingerprint density at radius 3 is 2.71 bits per heavy atom. The molecule has 1 aliphatic rings. The molecule has 0 bridgehead atoms. The Bertz CT molecular complexity index is 286. The first kappa shape index (κ1) is 9.52. The minimum Gasteiger partial charge on any atom is -0.357 e. The van der Waals surface area contributed by atoms with E-state index in [-0.39, 0.29) is 0 Å². The van der Waals surface area contributed by atoms with Crippen LogP contribution in [-0.2, 0) is 7.05 Å². The minimum atomic E-state index is 0.722. The number of aromatic nitrogens is 2. The van der Waals surface area contributed by atoms with Gasteiger partial charge in [-0.25, -0.2) is 0 Å². The summed E-state index contributed by atoms with van der Waals surface area (Å²) >= 11 is 0. The lowest BCUT2D eigenvalue weighted by molar-refractivity contribution is 0.410. The first-order valence-electron chi connectivity index (χ1n) is 5.24. The van der Waals surface area contributed by atoms with Crippen LogP contribution in [0.2, 0.25) is 0 Å². The van der Waals surface area contributed by atoms with E-state index in [4.69, 9.17) is 5.73 Å². The highest BCUT2D eigenvalue weighted by Gasteiger charge is 2.19. The highest BCUT2D eigenvalue weighted by molar-refractivity contribution is 5.38. The SMILES string of the molecule is Cn1nccc1N1CCC(CN)CC1. The number of hydrogen-bond acceptors (Lipinski definition) is 3. The highest BCUT2D eigenvalue weighted by Crippen LogP contribution is 2.21. The van der Waals surface area contributed by atoms with Gasteiger partial charge in [-0.2, -0.15) is 5.10 Å². The molecular formula is C10H18N4. The number of piperidine rings is 1. The Balaban J connectivity index is 1.99. The molecule has 0 amide bonds. The zero-order valence-electron chi connectivity index (χ0n) is 8.69. The lowest BCUT2D eigenvalue weighted by Crippen LogP contribution is -2.37. The topological polar surface area (TPSA) is 47.1 Å². The fourth-order valence-corrected chi connectivity index (χ4v) is 2.07. The molecule has 0 spiro atoms. The van der Waals surface area contributed by atoms with Crippen LogP contribution < -0.4 is 10.6 Å². The molecule has 0 atom stereocenters. The summed E-state index contributed by atoms with van der Waals surface area (Å²) in [5.41, 5.74) is 5.66. The first-order chi connectivity index (χ1) is 6.81. The third kappa shape index (κ3) is 1.75. The van der Waals surface area contributed by atoms with Crippen molar-refractivity contribution < 1.29 is 0 Å². The average molecular weight is 194 g/mol. The summed E-state index contributed by atoms with van der Waals surface area (Å²) in [5, 5.41) is 4.18. The average Bonchev–Trinajstić information content (AvgIpc) is 2.65. The van der Waals surface area contributed by atoms with Crippen molar-refractivity contribution in [2.24, 2.45) is 18.7 Å². The number of hydrogen-bond donors (Lipinski definition) is 1. The summed E-state index contributed by atoms with van der Waals surface area (Å²) in [4.78, 5) is 2.39. The van der Waals surface area contributed by atoms with Gasteiger partial charge in [0.25, 0.3) is 0 Å². The van der Waals surface area contributed by atoms with E-state index in [1.54, 1.807) is 0 Å². The summed E-state index contributed by atoms with van der Waals surface area (Å²) in [7, 11) is 1.99. The van der Waals surface area contributed by atoms with Gasteiger partial charge in [0.05, 0.1) is 6.20 Å². The molecule has 1 aliphatic heterocycles. The fourth-order valence-electron chi connectivity index (χ4n) is 2.07. The first-order valence-corrected chi connectivity index (χ1v) is 5.24. The second-order valence-electron chi connectivity index (χ2n) is 3.98. The molecule has 0 radical (unpaired) electrons. The van der Waals surface area contributed by atoms with Gasteiger partial charge in [0.2, 0.25) is 0 Å². The van der Waals surface area contributed by atoms with E-state index in [0.29, 0.717) is 0 Å². The molecule has 0 unspecified atom stereocenters. The van der Waals surface area contributed by atoms with Crippen molar-refractivity contribution in [1.82, 2.24) is 9.78 Å². The van der Waals surface area contributed by atoms with Crippen molar-refractivity contribution in [3.8, 4) is 0 Å². The van der Waals surface area contributed by atoms with Gasteiger partial charge in [0, 0.05) is 26.2 Å². The predicted molar refractivity (Wildman–Crippen MR) is 57.2 cm³/mol. The van der Waals surface area contributed by atoms with Gasteiger partial charge in [0.15, 0.2) is 0 Å². The highest BCUT2D eigenvalue weighted by atomic mass is 15.4. The van der Waals surface area contributed by atoms with Crippen molar-refractivity contribution in [2.45, 2.75) is 12.8 Å². The van der Waals surface area contributed by atoms with Crippen molar-refractivity contribution in [3.05, 3.63) is 12.3 Å². The summed E-state index contributed by atoms with van der Waals surface area (Å²) < 4.78 is 1.93. The number of rotatable bonds is 2. The Kier molecular flexibility index (Phi) is 2.72. The van der Waals surface area contributed by atoms with E-state index in [9.17, 15) is 0 Å². The van der Waals surface area contributed by atoms with Gasteiger partial charge in [-0.05, 0) is 25.3 Å². The molecule has 1 saturated heterocycles. The Labute approximate surface area is 84.7 Å². The number of aryl methyl sites for hydroxylation is 1. The molecule has 2 N–H and O–H groups in total. The van der Waals surface area contributed by atoms with Crippen LogP contribution in [0.1, 0.15) is 12.8 Å². The second-order valence-corrected chi connectivity index (χ2v) is 3.98. The van der Waals surface area contributed by atoms with Gasteiger partial charge in [-0.1, -0.05) is 0 Å². The molecule has 14 heavy (non-hydrogen) atoms. The number of nitrogens with two attached hydrogens (primary N) is 1. The maximum Gasteiger partial charge on any atom is 0.126 e. The van der Waals surface area contributed by atoms with Gasteiger partial charge in [-0.3, -0.25) is 4.68 Å². The maximum atomic E-state index is 5.66. The van der Waals surface area contributed by atoms with Crippen LogP contribution in [0, 0.1) is 5.92 Å². The lowest BCUT2D eigenvalue weighted by Gasteiger charge is -2.32. The zero-order valence-corrected chi connectivity index (χ0v) is 8.69. The van der Waals surface area contributed by atoms with E-state index in [0.717, 1.165) is 25.6 Å². The van der Waals surface area contributed by atoms with Gasteiger partial charge in [0.1, 0.15) is 5.82 Å². The molecule has 4 nitrogen and oxygen atoms in total. The Hall–Kier alpha value is -1.03. The van der Waals surface area contributed by atoms with Crippen molar-refractivity contribution in [2.75, 3.05) is 24.5 Å². The molecular weight excluding hydrogens is 176 g/mol. The van der Waals surface area contributed by atoms with Crippen LogP contribution in [0.15, 0.2) is 12.3 Å². The lowest BCUT2D eigenvalue weighted by atomic mass is 9.97. The number of anilines is 1. The molecule has 78 valence electrons. The molecule has 1 aromatic rings. The standard InChI is InChI=1S/C10H18N4/c1-13-10(2-5-12-13)14-6-3-9(8-11)4-7-14/h2,5,9H,3-4,6-8,11H2,1H3. The Morgan fingerprint density at radius 2 is 2.21 bits per heavy atom. The molecule has 0 aromatic carbocycles. The molecule has 2 heterocycles. The zero-order chi connectivity index (χ0) is 9.97. The quantitative estimate of drug-likeness (QED) is 0.749. The van der Waals surface area contributed by atoms with Crippen LogP contribution in [0.4, 0.5) is 5.82 Å². The molecule has 1 fully saturated rings. The molecule has 0 saturated carbocycles. The second kappa shape index (κ2) is 4.00. The third-order valence-electron chi connectivity index (χ3n) is 3.07. The van der Waals surface area contributed by atoms with E-state index in [2.05, 4.69) is 16.1 Å². The molecule has 1 aromatic heterocycles. The van der Waals surface area contributed by atoms with Gasteiger partial charge in [-0.15, -0.1) is 0 Å². The third-order valence-corrected chi connectivity index (χ3v) is 3.07. The minimum absolute atomic E-state index is 0.722. The van der Waals surface area contributed by atoms with E-state index >= 15 is 0 Å². The smallest absolute Gasteiger partial charge is 0.126 e. The van der Waals surface area contributed by atoms with Crippen LogP contribution in [-0.4, -0.2) is 29.4 Å². The molecule has 2 rings (SSSR count). The van der Waals surface area contributed by atoms with Crippen LogP contribution in [0.3, 0.4) is 0 Å². The maximum absolute atomic E-state index is 5.66. The van der Waals surface area contributed by atoms with Gasteiger partial charge >= 0.3 is 0 Å². The monoisotopic (exact) mass is 194 g/mol. The molecule has 4 heteroatoms. The summed E-state index contributed by atoms with van der Waals surface area (Å²) in [6, 6.07) is 2.07. The van der Waals surface area contributed by atoms with Crippen molar-refractivity contribution >= 4 is 5.82 Å². The normalized spacial score (nSPS) is 18.9. The van der Waals surface area contributed by atoms with Gasteiger partial charge < -0.3 is 10.6 Å². The van der Waals surface area contributed by atoms with E-state index in [1.807, 2.05) is 17.9 Å². The summed E-state index contributed by atoms with van der Waals surface area (Å²) in [5.74, 6) is 1.94. The predicted octanol–water partition coefficient (Wildman–Crippen LogP) is 0.595. The van der Waals surface area contributed by atoms with Crippen molar-refractivity contribution in [1.29, 1.82) is 0 Å². The number of nitrogens with zero attached hydrogens (tertiary/aromatic N) is 3. The summed E-state index contributed by atoms with van der Waals surface area (Å²) in [6.45, 7) is 3.06. The van der Waals surface area contributed by atoms with Crippen LogP contribution in [0.5, 0.6) is 0 Å². The van der Waals surface area contributed by atoms with E-state index < -0.39 is 0 Å². The summed E-state index contributed by atoms with van der Waals surface area (Å²) in [6.07, 6.45) is 4.27. The van der Waals surface area contributed by atoms with E-state index in [1.165, 1.54) is 18.7 Å². The Morgan fingerprint density at radius 1 is 1.50 bits per heavy atom. The fraction of sp³-hybridized carbons (Fsp3) is 0.700. The van der Waals surface area contributed by atoms with Crippen LogP contribution in [0.25, 0.3) is 0 Å². The molecule has 0 aliphatic carbocycles. The van der Waals surface area contributed by atoms with Crippen LogP contribution >= 0.6 is 0 Å².